The third-order valence-corrected chi connectivity index (χ3v) is 4.46. The second-order valence-electron chi connectivity index (χ2n) is 5.92. The molecule has 0 unspecified atom stereocenters. The fourth-order valence-electron chi connectivity index (χ4n) is 3.34. The molecule has 0 aliphatic carbocycles. The van der Waals surface area contributed by atoms with E-state index in [9.17, 15) is 4.39 Å². The summed E-state index contributed by atoms with van der Waals surface area (Å²) in [5.74, 6) is 0.710. The minimum absolute atomic E-state index is 0.214. The summed E-state index contributed by atoms with van der Waals surface area (Å²) in [5.41, 5.74) is 2.33. The van der Waals surface area contributed by atoms with Crippen molar-refractivity contribution in [3.8, 4) is 11.1 Å². The highest BCUT2D eigenvalue weighted by atomic mass is 19.1. The molecule has 23 heavy (non-hydrogen) atoms. The van der Waals surface area contributed by atoms with Gasteiger partial charge in [-0.2, -0.15) is 0 Å². The molecule has 4 heteroatoms. The Labute approximate surface area is 134 Å². The first-order chi connectivity index (χ1) is 11.3. The normalized spacial score (nSPS) is 15.1. The highest BCUT2D eigenvalue weighted by Gasteiger charge is 2.19. The van der Waals surface area contributed by atoms with Crippen LogP contribution in [0.2, 0.25) is 0 Å². The van der Waals surface area contributed by atoms with Gasteiger partial charge in [0.2, 0.25) is 0 Å². The summed E-state index contributed by atoms with van der Waals surface area (Å²) in [7, 11) is 0. The van der Waals surface area contributed by atoms with Crippen LogP contribution in [-0.2, 0) is 0 Å². The first-order valence-corrected chi connectivity index (χ1v) is 8.08. The van der Waals surface area contributed by atoms with Gasteiger partial charge < -0.3 is 4.90 Å². The molecule has 1 aromatic heterocycles. The van der Waals surface area contributed by atoms with Crippen molar-refractivity contribution < 1.29 is 4.39 Å². The molecule has 1 aliphatic rings. The van der Waals surface area contributed by atoms with Crippen LogP contribution < -0.4 is 4.90 Å². The van der Waals surface area contributed by atoms with Gasteiger partial charge in [-0.3, -0.25) is 0 Å². The van der Waals surface area contributed by atoms with Crippen molar-refractivity contribution in [1.82, 2.24) is 9.97 Å². The predicted molar refractivity (Wildman–Crippen MR) is 91.0 cm³/mol. The average molecular weight is 307 g/mol. The maximum atomic E-state index is 14.3. The van der Waals surface area contributed by atoms with E-state index in [1.54, 1.807) is 12.4 Å². The van der Waals surface area contributed by atoms with Gasteiger partial charge in [0.25, 0.3) is 0 Å². The van der Waals surface area contributed by atoms with Crippen molar-refractivity contribution >= 4 is 16.7 Å². The fraction of sp³-hybridized carbons (Fsp3) is 0.263. The Bertz CT molecular complexity index is 836. The van der Waals surface area contributed by atoms with E-state index in [1.807, 2.05) is 30.3 Å². The van der Waals surface area contributed by atoms with Crippen molar-refractivity contribution in [1.29, 1.82) is 0 Å². The molecule has 0 radical (unpaired) electrons. The molecule has 1 aliphatic heterocycles. The van der Waals surface area contributed by atoms with Gasteiger partial charge in [-0.15, -0.1) is 0 Å². The number of piperidine rings is 1. The van der Waals surface area contributed by atoms with Gasteiger partial charge in [0.05, 0.1) is 10.9 Å². The van der Waals surface area contributed by atoms with Crippen LogP contribution in [0.4, 0.5) is 10.2 Å². The summed E-state index contributed by atoms with van der Waals surface area (Å²) >= 11 is 0. The Kier molecular flexibility index (Phi) is 3.66. The molecule has 1 fully saturated rings. The Morgan fingerprint density at radius 3 is 2.43 bits per heavy atom. The van der Waals surface area contributed by atoms with Crippen LogP contribution in [-0.4, -0.2) is 23.1 Å². The molecule has 0 amide bonds. The number of nitrogens with zero attached hydrogens (tertiary/aromatic N) is 3. The summed E-state index contributed by atoms with van der Waals surface area (Å²) in [6.07, 6.45) is 5.22. The van der Waals surface area contributed by atoms with Gasteiger partial charge >= 0.3 is 0 Å². The molecule has 0 N–H and O–H groups in total. The minimum Gasteiger partial charge on any atom is -0.356 e. The van der Waals surface area contributed by atoms with Crippen LogP contribution in [0.1, 0.15) is 19.3 Å². The Hall–Kier alpha value is -2.49. The van der Waals surface area contributed by atoms with E-state index in [2.05, 4.69) is 14.9 Å². The number of aromatic nitrogens is 2. The van der Waals surface area contributed by atoms with Crippen LogP contribution in [0.15, 0.2) is 48.8 Å². The van der Waals surface area contributed by atoms with Gasteiger partial charge in [0, 0.05) is 18.7 Å². The lowest BCUT2D eigenvalue weighted by Crippen LogP contribution is -2.30. The minimum atomic E-state index is -0.214. The van der Waals surface area contributed by atoms with Crippen molar-refractivity contribution in [2.24, 2.45) is 0 Å². The van der Waals surface area contributed by atoms with E-state index in [1.165, 1.54) is 25.3 Å². The van der Waals surface area contributed by atoms with E-state index in [0.717, 1.165) is 35.4 Å². The molecule has 4 rings (SSSR count). The van der Waals surface area contributed by atoms with Gasteiger partial charge in [-0.25, -0.2) is 14.4 Å². The van der Waals surface area contributed by atoms with Crippen LogP contribution in [0.25, 0.3) is 22.0 Å². The molecule has 2 aromatic carbocycles. The second kappa shape index (κ2) is 5.95. The van der Waals surface area contributed by atoms with Crippen molar-refractivity contribution in [3.63, 3.8) is 0 Å². The maximum absolute atomic E-state index is 14.3. The Morgan fingerprint density at radius 1 is 0.826 bits per heavy atom. The molecule has 3 aromatic rings. The maximum Gasteiger partial charge on any atom is 0.140 e. The van der Waals surface area contributed by atoms with Gasteiger partial charge in [0.1, 0.15) is 18.0 Å². The zero-order valence-corrected chi connectivity index (χ0v) is 12.9. The quantitative estimate of drug-likeness (QED) is 0.701. The lowest BCUT2D eigenvalue weighted by atomic mass is 9.99. The smallest absolute Gasteiger partial charge is 0.140 e. The van der Waals surface area contributed by atoms with Gasteiger partial charge in [-0.05, 0) is 37.0 Å². The molecular formula is C19H18FN3. The predicted octanol–water partition coefficient (Wildman–Crippen LogP) is 4.43. The van der Waals surface area contributed by atoms with Crippen LogP contribution >= 0.6 is 0 Å². The summed E-state index contributed by atoms with van der Waals surface area (Å²) in [5, 5.41) is 0.946. The number of benzene rings is 2. The summed E-state index contributed by atoms with van der Waals surface area (Å²) in [4.78, 5) is 11.2. The van der Waals surface area contributed by atoms with Crippen LogP contribution in [0.3, 0.4) is 0 Å². The number of rotatable bonds is 2. The SMILES string of the molecule is Fc1ccccc1-c1cccc2ncnc(N3CCCCC3)c12. The third-order valence-electron chi connectivity index (χ3n) is 4.46. The highest BCUT2D eigenvalue weighted by molar-refractivity contribution is 6.02. The first-order valence-electron chi connectivity index (χ1n) is 8.08. The van der Waals surface area contributed by atoms with Crippen molar-refractivity contribution in [3.05, 3.63) is 54.6 Å². The summed E-state index contributed by atoms with van der Waals surface area (Å²) in [6, 6.07) is 12.7. The zero-order chi connectivity index (χ0) is 15.6. The van der Waals surface area contributed by atoms with Gasteiger partial charge in [0.15, 0.2) is 0 Å². The zero-order valence-electron chi connectivity index (χ0n) is 12.9. The molecule has 0 bridgehead atoms. The molecule has 3 nitrogen and oxygen atoms in total. The first kappa shape index (κ1) is 14.1. The largest absolute Gasteiger partial charge is 0.356 e. The van der Waals surface area contributed by atoms with Crippen molar-refractivity contribution in [2.45, 2.75) is 19.3 Å². The monoisotopic (exact) mass is 307 g/mol. The average Bonchev–Trinajstić information content (AvgIpc) is 2.62. The molecule has 0 atom stereocenters. The number of halogens is 1. The Balaban J connectivity index is 1.96. The van der Waals surface area contributed by atoms with Gasteiger partial charge in [-0.1, -0.05) is 30.3 Å². The molecule has 0 saturated carbocycles. The molecule has 2 heterocycles. The number of hydrogen-bond acceptors (Lipinski definition) is 3. The number of anilines is 1. The lowest BCUT2D eigenvalue weighted by Gasteiger charge is -2.29. The molecule has 0 spiro atoms. The molecular weight excluding hydrogens is 289 g/mol. The van der Waals surface area contributed by atoms with E-state index in [0.29, 0.717) is 5.56 Å². The lowest BCUT2D eigenvalue weighted by molar-refractivity contribution is 0.574. The number of hydrogen-bond donors (Lipinski definition) is 0. The van der Waals surface area contributed by atoms with Crippen LogP contribution in [0.5, 0.6) is 0 Å². The summed E-state index contributed by atoms with van der Waals surface area (Å²) in [6.45, 7) is 2.00. The van der Waals surface area contributed by atoms with E-state index >= 15 is 0 Å². The van der Waals surface area contributed by atoms with E-state index in [4.69, 9.17) is 0 Å². The Morgan fingerprint density at radius 2 is 1.61 bits per heavy atom. The van der Waals surface area contributed by atoms with Crippen LogP contribution in [0, 0.1) is 5.82 Å². The van der Waals surface area contributed by atoms with E-state index < -0.39 is 0 Å². The fourth-order valence-corrected chi connectivity index (χ4v) is 3.34. The van der Waals surface area contributed by atoms with Crippen molar-refractivity contribution in [2.75, 3.05) is 18.0 Å². The molecule has 1 saturated heterocycles. The number of fused-ring (bicyclic) bond motifs is 1. The topological polar surface area (TPSA) is 29.0 Å². The standard InChI is InChI=1S/C19H18FN3/c20-16-9-3-2-7-14(16)15-8-6-10-17-18(15)19(22-13-21-17)23-11-4-1-5-12-23/h2-3,6-10,13H,1,4-5,11-12H2. The molecule has 116 valence electrons. The summed E-state index contributed by atoms with van der Waals surface area (Å²) < 4.78 is 14.3. The third kappa shape index (κ3) is 2.54. The second-order valence-corrected chi connectivity index (χ2v) is 5.92. The van der Waals surface area contributed by atoms with E-state index in [-0.39, 0.29) is 5.82 Å². The highest BCUT2D eigenvalue weighted by Crippen LogP contribution is 2.35.